The second-order valence-electron chi connectivity index (χ2n) is 0. The Morgan fingerprint density at radius 3 is 0.625 bits per heavy atom. The minimum atomic E-state index is 0. The van der Waals surface area contributed by atoms with Crippen molar-refractivity contribution >= 4 is 0 Å². The van der Waals surface area contributed by atoms with Gasteiger partial charge in [-0.05, 0) is 0 Å². The maximum atomic E-state index is 7.50. The summed E-state index contributed by atoms with van der Waals surface area (Å²) >= 11 is 0. The molecule has 0 amide bonds. The van der Waals surface area contributed by atoms with Gasteiger partial charge in [0.15, 0.2) is 0 Å². The second-order valence-corrected chi connectivity index (χ2v) is 0. The number of hydrogen-bond acceptors (Lipinski definition) is 0. The van der Waals surface area contributed by atoms with Gasteiger partial charge >= 0.3 is 42.1 Å². The Bertz CT molecular complexity index is 25.9. The van der Waals surface area contributed by atoms with Crippen molar-refractivity contribution in [3.8, 4) is 0 Å². The fraction of sp³-hybridized carbons (Fsp3) is 0. The molecule has 0 fully saturated rings. The Labute approximate surface area is 59.2 Å². The van der Waals surface area contributed by atoms with Gasteiger partial charge in [-0.25, -0.2) is 0 Å². The topological polar surface area (TPSA) is 134 Å². The predicted molar refractivity (Wildman–Crippen MR) is 18.7 cm³/mol. The monoisotopic (exact) mass is 212 g/mol. The first-order chi connectivity index (χ1) is 2.00. The van der Waals surface area contributed by atoms with Gasteiger partial charge in [0.1, 0.15) is 0 Å². The summed E-state index contributed by atoms with van der Waals surface area (Å²) in [7, 11) is 0. The van der Waals surface area contributed by atoms with E-state index in [2.05, 4.69) is 13.3 Å². The summed E-state index contributed by atoms with van der Waals surface area (Å²) < 4.78 is 15.0. The molecule has 0 radical (unpaired) electrons. The molecule has 50 valence electrons. The molecule has 6 N–H and O–H groups in total. The molecule has 0 unspecified atom stereocenters. The Morgan fingerprint density at radius 1 is 0.625 bits per heavy atom. The van der Waals surface area contributed by atoms with Crippen molar-refractivity contribution in [3.05, 3.63) is 13.3 Å². The van der Waals surface area contributed by atoms with Crippen LogP contribution in [0.4, 0.5) is 0 Å². The van der Waals surface area contributed by atoms with Gasteiger partial charge in [0.25, 0.3) is 0 Å². The van der Waals surface area contributed by atoms with Gasteiger partial charge in [-0.1, -0.05) is 0 Å². The van der Waals surface area contributed by atoms with Crippen molar-refractivity contribution in [1.82, 2.24) is 0 Å². The Morgan fingerprint density at radius 2 is 0.625 bits per heavy atom. The summed E-state index contributed by atoms with van der Waals surface area (Å²) in [5.74, 6) is 0. The molecule has 0 rings (SSSR count). The molecule has 0 spiro atoms. The van der Waals surface area contributed by atoms with Crippen LogP contribution in [0.5, 0.6) is 0 Å². The van der Waals surface area contributed by atoms with Crippen molar-refractivity contribution < 1.29 is 45.2 Å². The minimum Gasteiger partial charge on any atom is 2.00 e. The molecule has 0 aromatic rings. The van der Waals surface area contributed by atoms with Gasteiger partial charge < -0.3 is 16.4 Å². The second kappa shape index (κ2) is 905000. The zero-order valence-corrected chi connectivity index (χ0v) is 5.41. The van der Waals surface area contributed by atoms with E-state index in [0.717, 1.165) is 0 Å². The molecule has 0 aliphatic rings. The summed E-state index contributed by atoms with van der Waals surface area (Å²) in [5, 5.41) is 0. The molecule has 0 aromatic carbocycles. The van der Waals surface area contributed by atoms with Crippen molar-refractivity contribution in [1.29, 1.82) is 0 Å². The van der Waals surface area contributed by atoms with E-state index in [4.69, 9.17) is 9.30 Å². The first-order valence-corrected chi connectivity index (χ1v) is 0.408. The quantitative estimate of drug-likeness (QED) is 0.237. The van der Waals surface area contributed by atoms with Gasteiger partial charge in [-0.2, -0.15) is 0 Å². The van der Waals surface area contributed by atoms with Gasteiger partial charge in [-0.15, -0.1) is 0 Å². The molecular formula is C2H6O5Ru+2. The van der Waals surface area contributed by atoms with Crippen LogP contribution in [0.1, 0.15) is 0 Å². The Kier molecular flexibility index (Phi) is 11200000. The maximum Gasteiger partial charge on any atom is 2.00 e. The average Bonchev–Trinajstić information content (AvgIpc) is 1.50. The van der Waals surface area contributed by atoms with Crippen LogP contribution in [0.15, 0.2) is 0 Å². The van der Waals surface area contributed by atoms with E-state index in [1.807, 2.05) is 0 Å². The Balaban J connectivity index is -0.00000000167. The molecular weight excluding hydrogens is 205 g/mol. The summed E-state index contributed by atoms with van der Waals surface area (Å²) in [4.78, 5) is 0. The first kappa shape index (κ1) is 99.0. The van der Waals surface area contributed by atoms with Crippen LogP contribution in [0.2, 0.25) is 0 Å². The molecule has 5 nitrogen and oxygen atoms in total. The zero-order valence-electron chi connectivity index (χ0n) is 3.67. The van der Waals surface area contributed by atoms with Gasteiger partial charge in [-0.3, -0.25) is 0 Å². The van der Waals surface area contributed by atoms with E-state index < -0.39 is 0 Å². The van der Waals surface area contributed by atoms with Crippen LogP contribution in [-0.2, 0) is 28.8 Å². The van der Waals surface area contributed by atoms with Crippen LogP contribution in [0.3, 0.4) is 0 Å². The fourth-order valence-corrected chi connectivity index (χ4v) is 0. The summed E-state index contributed by atoms with van der Waals surface area (Å²) in [5.41, 5.74) is 0. The van der Waals surface area contributed by atoms with Crippen LogP contribution in [0, 0.1) is 13.3 Å². The predicted octanol–water partition coefficient (Wildman–Crippen LogP) is -2.55. The van der Waals surface area contributed by atoms with Crippen LogP contribution < -0.4 is 0 Å². The standard InChI is InChI=1S/2CO.3H2O.Ru/c2*1-2;;;;/h;;3*1H2;/q;;;;;+2. The first-order valence-electron chi connectivity index (χ1n) is 0.408. The fourth-order valence-electron chi connectivity index (χ4n) is 0. The molecule has 0 aliphatic carbocycles. The SMILES string of the molecule is O.O.O.[C-]#[O+].[C-]#[O+].[Ru+2]. The van der Waals surface area contributed by atoms with Gasteiger partial charge in [0.2, 0.25) is 0 Å². The summed E-state index contributed by atoms with van der Waals surface area (Å²) in [6.45, 7) is 9.00. The van der Waals surface area contributed by atoms with Crippen LogP contribution >= 0.6 is 0 Å². The third-order valence-corrected chi connectivity index (χ3v) is 0. The summed E-state index contributed by atoms with van der Waals surface area (Å²) in [6, 6.07) is 0. The molecule has 0 saturated heterocycles. The van der Waals surface area contributed by atoms with Gasteiger partial charge in [0.05, 0.1) is 0 Å². The van der Waals surface area contributed by atoms with Gasteiger partial charge in [0, 0.05) is 0 Å². The minimum absolute atomic E-state index is 0. The van der Waals surface area contributed by atoms with Crippen molar-refractivity contribution in [2.75, 3.05) is 0 Å². The normalized spacial score (nSPS) is 0.500. The summed E-state index contributed by atoms with van der Waals surface area (Å²) in [6.07, 6.45) is 0. The zero-order chi connectivity index (χ0) is 4.00. The van der Waals surface area contributed by atoms with E-state index in [1.165, 1.54) is 0 Å². The number of hydrogen-bond donors (Lipinski definition) is 0. The average molecular weight is 211 g/mol. The van der Waals surface area contributed by atoms with Crippen molar-refractivity contribution in [2.45, 2.75) is 0 Å². The van der Waals surface area contributed by atoms with E-state index in [-0.39, 0.29) is 35.9 Å². The van der Waals surface area contributed by atoms with Crippen LogP contribution in [-0.4, -0.2) is 16.4 Å². The molecule has 0 atom stereocenters. The van der Waals surface area contributed by atoms with Crippen molar-refractivity contribution in [3.63, 3.8) is 0 Å². The Hall–Kier alpha value is -0.0166. The smallest absolute Gasteiger partial charge is 2.00 e. The number of rotatable bonds is 0. The molecule has 0 heterocycles. The van der Waals surface area contributed by atoms with E-state index >= 15 is 0 Å². The molecule has 8 heavy (non-hydrogen) atoms. The maximum absolute atomic E-state index is 7.50. The molecule has 0 bridgehead atoms. The third-order valence-electron chi connectivity index (χ3n) is 0. The third kappa shape index (κ3) is 538000. The van der Waals surface area contributed by atoms with E-state index in [9.17, 15) is 0 Å². The largest absolute Gasteiger partial charge is 2.00 e. The molecule has 0 saturated carbocycles. The molecule has 6 heteroatoms. The van der Waals surface area contributed by atoms with E-state index in [1.54, 1.807) is 0 Å². The molecule has 0 aliphatic heterocycles. The van der Waals surface area contributed by atoms with Crippen molar-refractivity contribution in [2.24, 2.45) is 0 Å². The van der Waals surface area contributed by atoms with E-state index in [0.29, 0.717) is 0 Å². The van der Waals surface area contributed by atoms with Crippen LogP contribution in [0.25, 0.3) is 0 Å². The molecule has 0 aromatic heterocycles.